The normalized spacial score (nSPS) is 9.85. The van der Waals surface area contributed by atoms with Crippen molar-refractivity contribution in [3.8, 4) is 5.75 Å². The Morgan fingerprint density at radius 1 is 1.31 bits per heavy atom. The first-order valence-corrected chi connectivity index (χ1v) is 3.57. The van der Waals surface area contributed by atoms with Gasteiger partial charge in [0.05, 0.1) is 6.08 Å². The molecule has 0 unspecified atom stereocenters. The molecule has 1 rings (SSSR count). The molecule has 0 aliphatic heterocycles. The van der Waals surface area contributed by atoms with Crippen LogP contribution in [0.1, 0.15) is 0 Å². The van der Waals surface area contributed by atoms with Crippen molar-refractivity contribution < 1.29 is 19.7 Å². The van der Waals surface area contributed by atoms with Crippen molar-refractivity contribution in [3.63, 3.8) is 0 Å². The third kappa shape index (κ3) is 3.81. The van der Waals surface area contributed by atoms with E-state index in [1.54, 1.807) is 24.3 Å². The van der Waals surface area contributed by atoms with E-state index in [0.717, 1.165) is 12.3 Å². The summed E-state index contributed by atoms with van der Waals surface area (Å²) < 4.78 is 0. The molecule has 0 aliphatic rings. The Balaban J connectivity index is 2.32. The van der Waals surface area contributed by atoms with Crippen molar-refractivity contribution in [3.05, 3.63) is 42.7 Å². The molecule has 0 amide bonds. The van der Waals surface area contributed by atoms with Gasteiger partial charge in [0.1, 0.15) is 6.26 Å². The number of benzene rings is 1. The van der Waals surface area contributed by atoms with Gasteiger partial charge in [-0.3, -0.25) is 9.78 Å². The Kier molecular flexibility index (Phi) is 3.38. The molecule has 13 heavy (non-hydrogen) atoms. The lowest BCUT2D eigenvalue weighted by atomic mass is 10.3. The molecule has 0 atom stereocenters. The number of aliphatic carboxylic acids is 1. The lowest BCUT2D eigenvalue weighted by Gasteiger charge is -1.99. The molecule has 1 N–H and O–H groups in total. The summed E-state index contributed by atoms with van der Waals surface area (Å²) in [5, 5.41) is 8.19. The van der Waals surface area contributed by atoms with E-state index in [1.807, 2.05) is 6.07 Å². The van der Waals surface area contributed by atoms with Gasteiger partial charge in [-0.25, -0.2) is 4.79 Å². The second-order valence-electron chi connectivity index (χ2n) is 2.13. The monoisotopic (exact) mass is 180 g/mol. The summed E-state index contributed by atoms with van der Waals surface area (Å²) in [7, 11) is 0. The average Bonchev–Trinajstić information content (AvgIpc) is 2.14. The Labute approximate surface area is 74.9 Å². The molecule has 0 aromatic heterocycles. The maximum absolute atomic E-state index is 9.99. The molecular weight excluding hydrogens is 172 g/mol. The molecule has 1 aromatic carbocycles. The van der Waals surface area contributed by atoms with E-state index in [-0.39, 0.29) is 0 Å². The third-order valence-corrected chi connectivity index (χ3v) is 1.15. The van der Waals surface area contributed by atoms with Crippen LogP contribution in [0.3, 0.4) is 0 Å². The van der Waals surface area contributed by atoms with Crippen LogP contribution in [0.5, 0.6) is 5.75 Å². The molecule has 68 valence electrons. The minimum atomic E-state index is -1.09. The van der Waals surface area contributed by atoms with Crippen LogP contribution in [-0.4, -0.2) is 11.1 Å². The summed E-state index contributed by atoms with van der Waals surface area (Å²) >= 11 is 0. The zero-order valence-corrected chi connectivity index (χ0v) is 6.71. The molecule has 0 bridgehead atoms. The van der Waals surface area contributed by atoms with Gasteiger partial charge < -0.3 is 5.11 Å². The molecule has 0 heterocycles. The summed E-state index contributed by atoms with van der Waals surface area (Å²) in [6.45, 7) is 0. The minimum absolute atomic E-state index is 0.512. The minimum Gasteiger partial charge on any atom is -0.478 e. The average molecular weight is 180 g/mol. The van der Waals surface area contributed by atoms with Gasteiger partial charge in [0.15, 0.2) is 5.75 Å². The Morgan fingerprint density at radius 3 is 2.62 bits per heavy atom. The van der Waals surface area contributed by atoms with Crippen LogP contribution in [-0.2, 0) is 9.68 Å². The van der Waals surface area contributed by atoms with Gasteiger partial charge in [0, 0.05) is 0 Å². The van der Waals surface area contributed by atoms with E-state index >= 15 is 0 Å². The lowest BCUT2D eigenvalue weighted by molar-refractivity contribution is -0.151. The smallest absolute Gasteiger partial charge is 0.331 e. The summed E-state index contributed by atoms with van der Waals surface area (Å²) in [6, 6.07) is 8.77. The summed E-state index contributed by atoms with van der Waals surface area (Å²) in [6.07, 6.45) is 1.79. The number of hydrogen-bond donors (Lipinski definition) is 1. The van der Waals surface area contributed by atoms with Crippen LogP contribution in [0.15, 0.2) is 42.7 Å². The van der Waals surface area contributed by atoms with Gasteiger partial charge in [0.2, 0.25) is 0 Å². The number of hydrogen-bond acceptors (Lipinski definition) is 3. The van der Waals surface area contributed by atoms with Crippen molar-refractivity contribution in [2.45, 2.75) is 0 Å². The zero-order valence-electron chi connectivity index (χ0n) is 6.71. The summed E-state index contributed by atoms with van der Waals surface area (Å²) in [5.41, 5.74) is 0. The first kappa shape index (κ1) is 9.12. The van der Waals surface area contributed by atoms with Crippen molar-refractivity contribution >= 4 is 5.97 Å². The standard InChI is InChI=1S/C9H8O4/c10-9(11)6-7-12-13-8-4-2-1-3-5-8/h1-7H,(H,10,11)/b7-6+. The highest BCUT2D eigenvalue weighted by molar-refractivity contribution is 5.79. The van der Waals surface area contributed by atoms with Crippen LogP contribution in [0.4, 0.5) is 0 Å². The zero-order chi connectivity index (χ0) is 9.52. The number of carboxylic acid groups (broad SMARTS) is 1. The second kappa shape index (κ2) is 4.82. The van der Waals surface area contributed by atoms with E-state index < -0.39 is 5.97 Å². The molecule has 0 fully saturated rings. The van der Waals surface area contributed by atoms with Gasteiger partial charge >= 0.3 is 5.97 Å². The molecule has 0 saturated heterocycles. The van der Waals surface area contributed by atoms with Crippen molar-refractivity contribution in [1.82, 2.24) is 0 Å². The van der Waals surface area contributed by atoms with Crippen molar-refractivity contribution in [1.29, 1.82) is 0 Å². The molecule has 0 radical (unpaired) electrons. The number of para-hydroxylation sites is 1. The fourth-order valence-corrected chi connectivity index (χ4v) is 0.645. The van der Waals surface area contributed by atoms with Crippen LogP contribution in [0, 0.1) is 0 Å². The Hall–Kier alpha value is -1.97. The number of carboxylic acids is 1. The molecule has 0 aliphatic carbocycles. The summed E-state index contributed by atoms with van der Waals surface area (Å²) in [5.74, 6) is -0.575. The largest absolute Gasteiger partial charge is 0.478 e. The van der Waals surface area contributed by atoms with Crippen LogP contribution in [0.2, 0.25) is 0 Å². The second-order valence-corrected chi connectivity index (χ2v) is 2.13. The highest BCUT2D eigenvalue weighted by atomic mass is 17.2. The van der Waals surface area contributed by atoms with E-state index in [0.29, 0.717) is 5.75 Å². The quantitative estimate of drug-likeness (QED) is 0.331. The summed E-state index contributed by atoms with van der Waals surface area (Å²) in [4.78, 5) is 19.2. The van der Waals surface area contributed by atoms with Gasteiger partial charge in [-0.2, -0.15) is 0 Å². The maximum Gasteiger partial charge on any atom is 0.331 e. The Bertz CT molecular complexity index is 292. The van der Waals surface area contributed by atoms with Gasteiger partial charge in [0.25, 0.3) is 0 Å². The van der Waals surface area contributed by atoms with Gasteiger partial charge in [-0.15, -0.1) is 0 Å². The SMILES string of the molecule is O=C(O)/C=C/OOc1ccccc1. The molecule has 0 spiro atoms. The molecular formula is C9H8O4. The van der Waals surface area contributed by atoms with Gasteiger partial charge in [-0.05, 0) is 12.1 Å². The Morgan fingerprint density at radius 2 is 2.00 bits per heavy atom. The number of carbonyl (C=O) groups is 1. The molecule has 1 aromatic rings. The third-order valence-electron chi connectivity index (χ3n) is 1.15. The van der Waals surface area contributed by atoms with Crippen LogP contribution >= 0.6 is 0 Å². The van der Waals surface area contributed by atoms with E-state index in [2.05, 4.69) is 4.89 Å². The fraction of sp³-hybridized carbons (Fsp3) is 0. The lowest BCUT2D eigenvalue weighted by Crippen LogP contribution is -1.92. The maximum atomic E-state index is 9.99. The highest BCUT2D eigenvalue weighted by Gasteiger charge is 1.90. The van der Waals surface area contributed by atoms with E-state index in [4.69, 9.17) is 9.99 Å². The van der Waals surface area contributed by atoms with Gasteiger partial charge in [-0.1, -0.05) is 18.2 Å². The van der Waals surface area contributed by atoms with Crippen LogP contribution in [0.25, 0.3) is 0 Å². The highest BCUT2D eigenvalue weighted by Crippen LogP contribution is 2.08. The molecule has 0 saturated carbocycles. The van der Waals surface area contributed by atoms with Crippen LogP contribution < -0.4 is 4.89 Å². The number of rotatable bonds is 4. The first-order valence-electron chi connectivity index (χ1n) is 3.57. The van der Waals surface area contributed by atoms with Crippen molar-refractivity contribution in [2.75, 3.05) is 0 Å². The molecule has 4 nitrogen and oxygen atoms in total. The van der Waals surface area contributed by atoms with E-state index in [1.165, 1.54) is 0 Å². The first-order chi connectivity index (χ1) is 6.29. The van der Waals surface area contributed by atoms with Crippen molar-refractivity contribution in [2.24, 2.45) is 0 Å². The predicted octanol–water partition coefficient (Wildman–Crippen LogP) is 1.60. The topological polar surface area (TPSA) is 55.8 Å². The van der Waals surface area contributed by atoms with E-state index in [9.17, 15) is 4.79 Å². The fourth-order valence-electron chi connectivity index (χ4n) is 0.645. The predicted molar refractivity (Wildman–Crippen MR) is 44.9 cm³/mol. The molecule has 4 heteroatoms.